The number of allylic oxidation sites excluding steroid dienone is 2. The highest BCUT2D eigenvalue weighted by molar-refractivity contribution is 9.10. The van der Waals surface area contributed by atoms with Gasteiger partial charge >= 0.3 is 0 Å². The molecular formula is C40H40BrN3O5. The zero-order chi connectivity index (χ0) is 34.7. The first-order valence-corrected chi connectivity index (χ1v) is 17.4. The molecule has 1 saturated heterocycles. The minimum absolute atomic E-state index is 0.00985. The number of imide groups is 1. The normalized spacial score (nSPS) is 20.2. The fourth-order valence-electron chi connectivity index (χ4n) is 7.18. The third-order valence-electron chi connectivity index (χ3n) is 9.56. The Labute approximate surface area is 295 Å². The van der Waals surface area contributed by atoms with Crippen molar-refractivity contribution < 1.29 is 24.9 Å². The molecule has 1 aliphatic heterocycles. The Bertz CT molecular complexity index is 1880. The van der Waals surface area contributed by atoms with E-state index in [0.717, 1.165) is 27.0 Å². The van der Waals surface area contributed by atoms with Crippen molar-refractivity contribution in [2.75, 3.05) is 16.8 Å². The Morgan fingerprint density at radius 3 is 2.37 bits per heavy atom. The number of benzene rings is 3. The highest BCUT2D eigenvalue weighted by atomic mass is 79.9. The van der Waals surface area contributed by atoms with Gasteiger partial charge in [0.05, 0.1) is 35.9 Å². The van der Waals surface area contributed by atoms with Crippen LogP contribution in [0.25, 0.3) is 11.6 Å². The van der Waals surface area contributed by atoms with Gasteiger partial charge in [0.25, 0.3) is 0 Å². The molecule has 252 valence electrons. The number of phenols is 1. The Hall–Kier alpha value is -4.57. The van der Waals surface area contributed by atoms with Crippen LogP contribution in [0.2, 0.25) is 0 Å². The second-order valence-corrected chi connectivity index (χ2v) is 13.9. The molecule has 2 aliphatic rings. The molecule has 6 rings (SSSR count). The Morgan fingerprint density at radius 1 is 0.980 bits per heavy atom. The maximum absolute atomic E-state index is 14.1. The molecule has 4 aromatic rings. The van der Waals surface area contributed by atoms with Gasteiger partial charge in [0, 0.05) is 33.5 Å². The van der Waals surface area contributed by atoms with Crippen molar-refractivity contribution in [2.45, 2.75) is 39.2 Å². The van der Waals surface area contributed by atoms with E-state index in [1.165, 1.54) is 4.90 Å². The molecule has 9 heteroatoms. The summed E-state index contributed by atoms with van der Waals surface area (Å²) < 4.78 is 0.816. The van der Waals surface area contributed by atoms with Gasteiger partial charge in [0.2, 0.25) is 11.8 Å². The Kier molecular flexibility index (Phi) is 10.4. The van der Waals surface area contributed by atoms with Gasteiger partial charge in [-0.05, 0) is 109 Å². The first kappa shape index (κ1) is 34.3. The number of nitrogens with zero attached hydrogens (tertiary/aromatic N) is 2. The molecule has 1 aromatic heterocycles. The van der Waals surface area contributed by atoms with Gasteiger partial charge in [-0.25, -0.2) is 0 Å². The molecule has 49 heavy (non-hydrogen) atoms. The fraction of sp³-hybridized carbons (Fsp3) is 0.275. The fourth-order valence-corrected chi connectivity index (χ4v) is 7.56. The molecule has 2 amide bonds. The number of pyridine rings is 1. The lowest BCUT2D eigenvalue weighted by Gasteiger charge is -2.38. The summed E-state index contributed by atoms with van der Waals surface area (Å²) in [5.41, 5.74) is 5.93. The van der Waals surface area contributed by atoms with Crippen LogP contribution in [0.15, 0.2) is 113 Å². The lowest BCUT2D eigenvalue weighted by Crippen LogP contribution is -2.39. The van der Waals surface area contributed by atoms with E-state index in [0.29, 0.717) is 41.8 Å². The monoisotopic (exact) mass is 721 g/mol. The maximum Gasteiger partial charge on any atom is 0.238 e. The second kappa shape index (κ2) is 14.9. The molecule has 0 spiro atoms. The number of aromatic hydroxyl groups is 1. The molecule has 2 heterocycles. The number of amides is 2. The molecule has 4 atom stereocenters. The average molecular weight is 723 g/mol. The zero-order valence-electron chi connectivity index (χ0n) is 27.5. The number of carbonyl (C=O) groups is 2. The topological polar surface area (TPSA) is 123 Å². The van der Waals surface area contributed by atoms with Gasteiger partial charge < -0.3 is 20.6 Å². The first-order chi connectivity index (χ1) is 23.7. The number of fused-ring (bicyclic) bond motifs is 1. The minimum Gasteiger partial charge on any atom is -0.507 e. The molecular weight excluding hydrogens is 682 g/mol. The van der Waals surface area contributed by atoms with Gasteiger partial charge in [-0.15, -0.1) is 0 Å². The van der Waals surface area contributed by atoms with Crippen LogP contribution in [0, 0.1) is 23.7 Å². The second-order valence-electron chi connectivity index (χ2n) is 13.0. The number of aliphatic hydroxyl groups is 2. The standard InChI is InChI=1S/C40H40BrN3O5/c1-24(2)31-22-32-38(40(49)44(39(32)48)30-15-13-29(14-16-30)43-28-8-4-3-5-9-28)33(23-45)37(31)36(47)17-11-25(34-10-6-7-19-42-34)20-26-21-27(41)12-18-35(26)46/h3-10,12-16,18-21,24,32-33,36,38,43,45-47H,11,17,22-23H2,1-2H3/b25-20-/t32-,33+,36-,38-/m1/s1. The summed E-state index contributed by atoms with van der Waals surface area (Å²) >= 11 is 3.47. The smallest absolute Gasteiger partial charge is 0.238 e. The van der Waals surface area contributed by atoms with Gasteiger partial charge in [-0.2, -0.15) is 0 Å². The SMILES string of the molecule is CC(C)C1=C([C@H](O)CC/C(=C/c2cc(Br)ccc2O)c2ccccn2)[C@H](CO)[C@@H]2C(=O)N(c3ccc(Nc4ccccc4)cc3)C(=O)[C@@H]2C1. The van der Waals surface area contributed by atoms with Crippen LogP contribution in [-0.2, 0) is 9.59 Å². The molecule has 0 bridgehead atoms. The highest BCUT2D eigenvalue weighted by Crippen LogP contribution is 2.49. The predicted molar refractivity (Wildman–Crippen MR) is 196 cm³/mol. The molecule has 3 aromatic carbocycles. The zero-order valence-corrected chi connectivity index (χ0v) is 29.0. The summed E-state index contributed by atoms with van der Waals surface area (Å²) in [7, 11) is 0. The quantitative estimate of drug-likeness (QED) is 0.0923. The van der Waals surface area contributed by atoms with E-state index in [2.05, 4.69) is 26.2 Å². The Balaban J connectivity index is 1.26. The molecule has 0 radical (unpaired) electrons. The summed E-state index contributed by atoms with van der Waals surface area (Å²) in [6.45, 7) is 3.67. The minimum atomic E-state index is -0.973. The number of hydrogen-bond acceptors (Lipinski definition) is 7. The van der Waals surface area contributed by atoms with E-state index < -0.39 is 23.9 Å². The largest absolute Gasteiger partial charge is 0.507 e. The number of nitrogens with one attached hydrogen (secondary N) is 1. The van der Waals surface area contributed by atoms with Crippen LogP contribution in [-0.4, -0.2) is 44.8 Å². The van der Waals surface area contributed by atoms with E-state index in [1.54, 1.807) is 30.5 Å². The number of hydrogen-bond donors (Lipinski definition) is 4. The summed E-state index contributed by atoms with van der Waals surface area (Å²) in [5, 5.41) is 36.5. The van der Waals surface area contributed by atoms with Crippen molar-refractivity contribution in [3.8, 4) is 5.75 Å². The summed E-state index contributed by atoms with van der Waals surface area (Å²) in [6.07, 6.45) is 3.63. The van der Waals surface area contributed by atoms with E-state index in [4.69, 9.17) is 0 Å². The number of carbonyl (C=O) groups excluding carboxylic acids is 2. The number of anilines is 3. The van der Waals surface area contributed by atoms with Crippen LogP contribution in [0.3, 0.4) is 0 Å². The van der Waals surface area contributed by atoms with E-state index in [9.17, 15) is 24.9 Å². The van der Waals surface area contributed by atoms with E-state index >= 15 is 0 Å². The number of rotatable bonds is 11. The number of aromatic nitrogens is 1. The van der Waals surface area contributed by atoms with Crippen molar-refractivity contribution in [2.24, 2.45) is 23.7 Å². The van der Waals surface area contributed by atoms with Crippen LogP contribution >= 0.6 is 15.9 Å². The summed E-state index contributed by atoms with van der Waals surface area (Å²) in [4.78, 5) is 33.8. The van der Waals surface area contributed by atoms with E-state index in [-0.39, 0.29) is 30.1 Å². The molecule has 4 N–H and O–H groups in total. The molecule has 0 saturated carbocycles. The van der Waals surface area contributed by atoms with Crippen molar-refractivity contribution >= 4 is 56.5 Å². The third-order valence-corrected chi connectivity index (χ3v) is 10.1. The van der Waals surface area contributed by atoms with Crippen LogP contribution in [0.4, 0.5) is 17.1 Å². The van der Waals surface area contributed by atoms with Crippen LogP contribution in [0.1, 0.15) is 44.4 Å². The van der Waals surface area contributed by atoms with Gasteiger partial charge in [0.1, 0.15) is 5.75 Å². The first-order valence-electron chi connectivity index (χ1n) is 16.6. The number of halogens is 1. The van der Waals surface area contributed by atoms with Crippen LogP contribution in [0.5, 0.6) is 5.75 Å². The number of aliphatic hydroxyl groups excluding tert-OH is 2. The summed E-state index contributed by atoms with van der Waals surface area (Å²) in [5.74, 6) is -2.63. The summed E-state index contributed by atoms with van der Waals surface area (Å²) in [6, 6.07) is 27.7. The lowest BCUT2D eigenvalue weighted by molar-refractivity contribution is -0.123. The average Bonchev–Trinajstić information content (AvgIpc) is 3.36. The Morgan fingerprint density at radius 2 is 1.69 bits per heavy atom. The third kappa shape index (κ3) is 7.25. The van der Waals surface area contributed by atoms with Crippen molar-refractivity contribution in [1.29, 1.82) is 0 Å². The number of para-hydroxylation sites is 1. The van der Waals surface area contributed by atoms with Crippen molar-refractivity contribution in [3.05, 3.63) is 124 Å². The highest BCUT2D eigenvalue weighted by Gasteiger charge is 2.55. The maximum atomic E-state index is 14.1. The number of phenolic OH excluding ortho intramolecular Hbond substituents is 1. The lowest BCUT2D eigenvalue weighted by atomic mass is 9.66. The predicted octanol–water partition coefficient (Wildman–Crippen LogP) is 7.75. The molecule has 1 aliphatic carbocycles. The van der Waals surface area contributed by atoms with Crippen molar-refractivity contribution in [3.63, 3.8) is 0 Å². The van der Waals surface area contributed by atoms with Gasteiger partial charge in [-0.1, -0.05) is 59.6 Å². The van der Waals surface area contributed by atoms with Crippen LogP contribution < -0.4 is 10.2 Å². The van der Waals surface area contributed by atoms with Crippen molar-refractivity contribution in [1.82, 2.24) is 4.98 Å². The molecule has 1 fully saturated rings. The van der Waals surface area contributed by atoms with Gasteiger partial charge in [-0.3, -0.25) is 19.5 Å². The molecule has 0 unspecified atom stereocenters. The molecule has 8 nitrogen and oxygen atoms in total. The van der Waals surface area contributed by atoms with E-state index in [1.807, 2.05) is 86.7 Å². The van der Waals surface area contributed by atoms with Gasteiger partial charge in [0.15, 0.2) is 0 Å².